The van der Waals surface area contributed by atoms with Gasteiger partial charge in [0.05, 0.1) is 11.5 Å². The number of amides is 1. The van der Waals surface area contributed by atoms with Crippen LogP contribution < -0.4 is 10.0 Å². The Morgan fingerprint density at radius 1 is 1.00 bits per heavy atom. The number of benzene rings is 2. The number of halogens is 1. The fraction of sp³-hybridized carbons (Fsp3) is 0.316. The molecule has 0 saturated heterocycles. The third-order valence-electron chi connectivity index (χ3n) is 3.67. The predicted molar refractivity (Wildman–Crippen MR) is 105 cm³/mol. The van der Waals surface area contributed by atoms with Gasteiger partial charge in [-0.15, -0.1) is 0 Å². The summed E-state index contributed by atoms with van der Waals surface area (Å²) in [5.41, 5.74) is 1.11. The van der Waals surface area contributed by atoms with Gasteiger partial charge in [0.25, 0.3) is 0 Å². The molecule has 0 fully saturated rings. The highest BCUT2D eigenvalue weighted by molar-refractivity contribution is 7.89. The van der Waals surface area contributed by atoms with E-state index in [9.17, 15) is 13.2 Å². The van der Waals surface area contributed by atoms with E-state index in [0.717, 1.165) is 5.56 Å². The van der Waals surface area contributed by atoms with Crippen molar-refractivity contribution in [3.63, 3.8) is 0 Å². The van der Waals surface area contributed by atoms with Crippen molar-refractivity contribution in [1.82, 2.24) is 10.0 Å². The summed E-state index contributed by atoms with van der Waals surface area (Å²) in [7, 11) is -3.64. The second-order valence-corrected chi connectivity index (χ2v) is 8.05. The number of carbonyl (C=O) groups excluding carboxylic acids is 1. The minimum Gasteiger partial charge on any atom is -0.377 e. The summed E-state index contributed by atoms with van der Waals surface area (Å²) in [6.45, 7) is 1.60. The van der Waals surface area contributed by atoms with Gasteiger partial charge in [-0.3, -0.25) is 4.79 Å². The van der Waals surface area contributed by atoms with E-state index in [1.165, 1.54) is 24.3 Å². The van der Waals surface area contributed by atoms with Crippen LogP contribution in [0.3, 0.4) is 0 Å². The van der Waals surface area contributed by atoms with Crippen LogP contribution >= 0.6 is 11.6 Å². The van der Waals surface area contributed by atoms with Gasteiger partial charge in [0.15, 0.2) is 0 Å². The normalized spacial score (nSPS) is 11.3. The molecule has 0 atom stereocenters. The summed E-state index contributed by atoms with van der Waals surface area (Å²) in [4.78, 5) is 11.9. The molecule has 27 heavy (non-hydrogen) atoms. The van der Waals surface area contributed by atoms with Crippen LogP contribution in [-0.4, -0.2) is 34.0 Å². The molecule has 0 aromatic heterocycles. The van der Waals surface area contributed by atoms with Crippen molar-refractivity contribution in [2.75, 3.05) is 19.7 Å². The highest BCUT2D eigenvalue weighted by atomic mass is 35.5. The Labute approximate surface area is 164 Å². The van der Waals surface area contributed by atoms with Gasteiger partial charge >= 0.3 is 0 Å². The lowest BCUT2D eigenvalue weighted by Crippen LogP contribution is -2.31. The Bertz CT molecular complexity index is 811. The van der Waals surface area contributed by atoms with Crippen LogP contribution in [0, 0.1) is 0 Å². The molecular weight excluding hydrogens is 388 g/mol. The molecule has 8 heteroatoms. The number of carbonyl (C=O) groups is 1. The summed E-state index contributed by atoms with van der Waals surface area (Å²) in [6.07, 6.45) is 0.757. The smallest absolute Gasteiger partial charge is 0.240 e. The molecule has 0 aliphatic heterocycles. The second-order valence-electron chi connectivity index (χ2n) is 5.84. The van der Waals surface area contributed by atoms with E-state index < -0.39 is 10.0 Å². The molecule has 0 heterocycles. The SMILES string of the molecule is O=C(CCNS(=O)(=O)c1ccc(Cl)cc1)NCCCOCc1ccccc1. The van der Waals surface area contributed by atoms with Gasteiger partial charge in [0.1, 0.15) is 0 Å². The van der Waals surface area contributed by atoms with Crippen molar-refractivity contribution in [3.05, 3.63) is 65.2 Å². The fourth-order valence-corrected chi connectivity index (χ4v) is 3.41. The zero-order valence-corrected chi connectivity index (χ0v) is 16.4. The third-order valence-corrected chi connectivity index (χ3v) is 5.40. The molecule has 2 aromatic rings. The fourth-order valence-electron chi connectivity index (χ4n) is 2.25. The Balaban J connectivity index is 1.56. The zero-order chi connectivity index (χ0) is 19.5. The number of rotatable bonds is 11. The highest BCUT2D eigenvalue weighted by Crippen LogP contribution is 2.13. The van der Waals surface area contributed by atoms with E-state index in [2.05, 4.69) is 10.0 Å². The van der Waals surface area contributed by atoms with Crippen molar-refractivity contribution in [2.45, 2.75) is 24.3 Å². The van der Waals surface area contributed by atoms with Crippen molar-refractivity contribution >= 4 is 27.5 Å². The Kier molecular flexibility index (Phi) is 8.74. The van der Waals surface area contributed by atoms with Gasteiger partial charge in [-0.05, 0) is 36.2 Å². The summed E-state index contributed by atoms with van der Waals surface area (Å²) < 4.78 is 32.1. The molecule has 0 bridgehead atoms. The van der Waals surface area contributed by atoms with Crippen molar-refractivity contribution in [1.29, 1.82) is 0 Å². The quantitative estimate of drug-likeness (QED) is 0.558. The lowest BCUT2D eigenvalue weighted by molar-refractivity contribution is -0.120. The maximum Gasteiger partial charge on any atom is 0.240 e. The first-order valence-corrected chi connectivity index (χ1v) is 10.5. The average molecular weight is 411 g/mol. The lowest BCUT2D eigenvalue weighted by Gasteiger charge is -2.08. The van der Waals surface area contributed by atoms with E-state index >= 15 is 0 Å². The first-order chi connectivity index (χ1) is 13.0. The molecule has 2 N–H and O–H groups in total. The largest absolute Gasteiger partial charge is 0.377 e. The molecule has 0 radical (unpaired) electrons. The molecule has 0 saturated carbocycles. The summed E-state index contributed by atoms with van der Waals surface area (Å²) in [5, 5.41) is 3.20. The van der Waals surface area contributed by atoms with E-state index in [0.29, 0.717) is 31.2 Å². The van der Waals surface area contributed by atoms with Crippen molar-refractivity contribution in [2.24, 2.45) is 0 Å². The van der Waals surface area contributed by atoms with Gasteiger partial charge < -0.3 is 10.1 Å². The van der Waals surface area contributed by atoms with E-state index in [-0.39, 0.29) is 23.8 Å². The molecule has 0 spiro atoms. The topological polar surface area (TPSA) is 84.5 Å². The first-order valence-electron chi connectivity index (χ1n) is 8.61. The Morgan fingerprint density at radius 2 is 1.70 bits per heavy atom. The molecule has 1 amide bonds. The van der Waals surface area contributed by atoms with Crippen LogP contribution in [0.5, 0.6) is 0 Å². The van der Waals surface area contributed by atoms with Gasteiger partial charge in [0, 0.05) is 31.1 Å². The van der Waals surface area contributed by atoms with Gasteiger partial charge in [-0.25, -0.2) is 13.1 Å². The van der Waals surface area contributed by atoms with Crippen LogP contribution in [0.25, 0.3) is 0 Å². The Morgan fingerprint density at radius 3 is 2.41 bits per heavy atom. The van der Waals surface area contributed by atoms with Crippen LogP contribution in [0.4, 0.5) is 0 Å². The van der Waals surface area contributed by atoms with Crippen LogP contribution in [0.2, 0.25) is 5.02 Å². The highest BCUT2D eigenvalue weighted by Gasteiger charge is 2.13. The molecule has 6 nitrogen and oxygen atoms in total. The monoisotopic (exact) mass is 410 g/mol. The predicted octanol–water partition coefficient (Wildman–Crippen LogP) is 2.73. The second kappa shape index (κ2) is 11.0. The van der Waals surface area contributed by atoms with Crippen LogP contribution in [-0.2, 0) is 26.2 Å². The number of nitrogens with one attached hydrogen (secondary N) is 2. The summed E-state index contributed by atoms with van der Waals surface area (Å²) >= 11 is 5.74. The summed E-state index contributed by atoms with van der Waals surface area (Å²) in [6, 6.07) is 15.7. The van der Waals surface area contributed by atoms with Gasteiger partial charge in [-0.1, -0.05) is 41.9 Å². The standard InChI is InChI=1S/C19H23ClN2O4S/c20-17-7-9-18(10-8-17)27(24,25)22-13-11-19(23)21-12-4-14-26-15-16-5-2-1-3-6-16/h1-3,5-10,22H,4,11-15H2,(H,21,23). The maximum atomic E-state index is 12.1. The number of ether oxygens (including phenoxy) is 1. The molecule has 0 aliphatic carbocycles. The molecule has 146 valence electrons. The van der Waals surface area contributed by atoms with Crippen LogP contribution in [0.15, 0.2) is 59.5 Å². The number of sulfonamides is 1. The third kappa shape index (κ3) is 8.09. The summed E-state index contributed by atoms with van der Waals surface area (Å²) in [5.74, 6) is -0.211. The van der Waals surface area contributed by atoms with E-state index in [1.807, 2.05) is 30.3 Å². The molecule has 0 unspecified atom stereocenters. The number of hydrogen-bond donors (Lipinski definition) is 2. The zero-order valence-electron chi connectivity index (χ0n) is 14.9. The first kappa shape index (κ1) is 21.4. The average Bonchev–Trinajstić information content (AvgIpc) is 2.65. The maximum absolute atomic E-state index is 12.1. The van der Waals surface area contributed by atoms with E-state index in [1.54, 1.807) is 0 Å². The van der Waals surface area contributed by atoms with E-state index in [4.69, 9.17) is 16.3 Å². The van der Waals surface area contributed by atoms with Gasteiger partial charge in [0.2, 0.25) is 15.9 Å². The Hall–Kier alpha value is -1.93. The molecular formula is C19H23ClN2O4S. The molecule has 2 rings (SSSR count). The van der Waals surface area contributed by atoms with Crippen LogP contribution in [0.1, 0.15) is 18.4 Å². The lowest BCUT2D eigenvalue weighted by atomic mass is 10.2. The molecule has 0 aliphatic rings. The number of hydrogen-bond acceptors (Lipinski definition) is 4. The van der Waals surface area contributed by atoms with Crippen molar-refractivity contribution < 1.29 is 17.9 Å². The molecule has 2 aromatic carbocycles. The minimum atomic E-state index is -3.64. The van der Waals surface area contributed by atoms with Gasteiger partial charge in [-0.2, -0.15) is 0 Å². The van der Waals surface area contributed by atoms with Crippen molar-refractivity contribution in [3.8, 4) is 0 Å². The minimum absolute atomic E-state index is 0.0291.